The predicted molar refractivity (Wildman–Crippen MR) is 68.4 cm³/mol. The van der Waals surface area contributed by atoms with E-state index >= 15 is 0 Å². The first-order valence-electron chi connectivity index (χ1n) is 4.19. The van der Waals surface area contributed by atoms with E-state index in [1.807, 2.05) is 24.3 Å². The molecule has 0 saturated carbocycles. The first-order chi connectivity index (χ1) is 6.75. The summed E-state index contributed by atoms with van der Waals surface area (Å²) in [5.41, 5.74) is 2.35. The maximum Gasteiger partial charge on any atom is 0.0485 e. The van der Waals surface area contributed by atoms with E-state index in [-0.39, 0.29) is 0 Å². The van der Waals surface area contributed by atoms with Gasteiger partial charge in [0.25, 0.3) is 0 Å². The lowest BCUT2D eigenvalue weighted by molar-refractivity contribution is 1.58. The highest BCUT2D eigenvalue weighted by Crippen LogP contribution is 2.22. The molecule has 0 aliphatic rings. The van der Waals surface area contributed by atoms with Crippen LogP contribution in [-0.4, -0.2) is 0 Å². The van der Waals surface area contributed by atoms with Crippen LogP contribution in [-0.2, 0) is 0 Å². The zero-order valence-electron chi connectivity index (χ0n) is 7.30. The first kappa shape index (κ1) is 9.99. The van der Waals surface area contributed by atoms with E-state index in [4.69, 9.17) is 11.6 Å². The lowest BCUT2D eigenvalue weighted by Gasteiger charge is -2.01. The van der Waals surface area contributed by atoms with Crippen molar-refractivity contribution in [2.24, 2.45) is 0 Å². The second-order valence-electron chi connectivity index (χ2n) is 2.94. The molecule has 0 heterocycles. The normalized spacial score (nSPS) is 10.1. The Labute approximate surface area is 102 Å². The molecule has 0 spiro atoms. The monoisotopic (exact) mass is 313 g/mol. The molecule has 0 amide bonds. The standard InChI is InChI=1S/C12H7ClI/c13-11-6-4-9(5-7-11)10-2-1-3-12(14)8-10/h1-6,8H. The summed E-state index contributed by atoms with van der Waals surface area (Å²) in [5, 5.41) is 0.652. The fourth-order valence-corrected chi connectivity index (χ4v) is 1.91. The van der Waals surface area contributed by atoms with Gasteiger partial charge in [0.15, 0.2) is 0 Å². The van der Waals surface area contributed by atoms with Crippen molar-refractivity contribution >= 4 is 34.2 Å². The van der Waals surface area contributed by atoms with Gasteiger partial charge in [-0.2, -0.15) is 0 Å². The van der Waals surface area contributed by atoms with Gasteiger partial charge in [0.1, 0.15) is 0 Å². The minimum Gasteiger partial charge on any atom is -0.0837 e. The van der Waals surface area contributed by atoms with Crippen LogP contribution in [0.2, 0.25) is 5.02 Å². The molecule has 0 aliphatic heterocycles. The van der Waals surface area contributed by atoms with Gasteiger partial charge in [0.2, 0.25) is 0 Å². The Morgan fingerprint density at radius 3 is 2.57 bits per heavy atom. The summed E-state index contributed by atoms with van der Waals surface area (Å²) in [5.74, 6) is 0. The fourth-order valence-electron chi connectivity index (χ4n) is 1.25. The fraction of sp³-hybridized carbons (Fsp3) is 0. The molecule has 0 atom stereocenters. The molecular formula is C12H7ClI. The van der Waals surface area contributed by atoms with Crippen LogP contribution >= 0.6 is 34.2 Å². The van der Waals surface area contributed by atoms with Crippen LogP contribution in [0, 0.1) is 9.64 Å². The third-order valence-electron chi connectivity index (χ3n) is 1.93. The molecule has 2 heteroatoms. The van der Waals surface area contributed by atoms with E-state index in [0.29, 0.717) is 5.02 Å². The number of rotatable bonds is 1. The van der Waals surface area contributed by atoms with Gasteiger partial charge >= 0.3 is 0 Å². The summed E-state index contributed by atoms with van der Waals surface area (Å²) < 4.78 is 1.23. The van der Waals surface area contributed by atoms with Crippen LogP contribution in [0.25, 0.3) is 11.1 Å². The minimum atomic E-state index is 0.652. The molecule has 2 aromatic carbocycles. The molecule has 14 heavy (non-hydrogen) atoms. The molecule has 0 aliphatic carbocycles. The largest absolute Gasteiger partial charge is 0.0837 e. The molecule has 0 aromatic heterocycles. The van der Waals surface area contributed by atoms with Crippen molar-refractivity contribution in [2.45, 2.75) is 0 Å². The molecule has 0 saturated heterocycles. The van der Waals surface area contributed by atoms with Crippen molar-refractivity contribution in [1.82, 2.24) is 0 Å². The van der Waals surface area contributed by atoms with E-state index in [1.165, 1.54) is 9.13 Å². The van der Waals surface area contributed by atoms with E-state index in [2.05, 4.69) is 46.9 Å². The lowest BCUT2D eigenvalue weighted by atomic mass is 10.1. The summed E-state index contributed by atoms with van der Waals surface area (Å²) in [7, 11) is 0. The topological polar surface area (TPSA) is 0 Å². The van der Waals surface area contributed by atoms with Gasteiger partial charge in [-0.15, -0.1) is 0 Å². The lowest BCUT2D eigenvalue weighted by Crippen LogP contribution is -1.78. The molecule has 69 valence electrons. The number of hydrogen-bond donors (Lipinski definition) is 0. The summed E-state index contributed by atoms with van der Waals surface area (Å²) in [6.07, 6.45) is 0. The van der Waals surface area contributed by atoms with Crippen LogP contribution < -0.4 is 0 Å². The average molecular weight is 314 g/mol. The van der Waals surface area contributed by atoms with Gasteiger partial charge in [-0.25, -0.2) is 0 Å². The molecule has 1 radical (unpaired) electrons. The Hall–Kier alpha value is -0.540. The predicted octanol–water partition coefficient (Wildman–Crippen LogP) is 4.41. The van der Waals surface area contributed by atoms with Crippen LogP contribution in [0.3, 0.4) is 0 Å². The average Bonchev–Trinajstić information content (AvgIpc) is 2.19. The molecule has 0 nitrogen and oxygen atoms in total. The number of halogens is 2. The summed E-state index contributed by atoms with van der Waals surface area (Å²) in [6, 6.07) is 17.1. The molecule has 0 N–H and O–H groups in total. The van der Waals surface area contributed by atoms with Gasteiger partial charge in [0.05, 0.1) is 0 Å². The SMILES string of the molecule is Clc1[c]cc(-c2cccc(I)c2)cc1. The summed E-state index contributed by atoms with van der Waals surface area (Å²) in [6.45, 7) is 0. The van der Waals surface area contributed by atoms with Crippen molar-refractivity contribution in [2.75, 3.05) is 0 Å². The maximum atomic E-state index is 5.77. The highest BCUT2D eigenvalue weighted by Gasteiger charge is 1.97. The zero-order valence-corrected chi connectivity index (χ0v) is 10.2. The van der Waals surface area contributed by atoms with Crippen molar-refractivity contribution < 1.29 is 0 Å². The highest BCUT2D eigenvalue weighted by atomic mass is 127. The Bertz CT molecular complexity index is 434. The second-order valence-corrected chi connectivity index (χ2v) is 4.59. The van der Waals surface area contributed by atoms with Crippen LogP contribution in [0.1, 0.15) is 0 Å². The van der Waals surface area contributed by atoms with Gasteiger partial charge in [-0.3, -0.25) is 0 Å². The van der Waals surface area contributed by atoms with Crippen molar-refractivity contribution in [1.29, 1.82) is 0 Å². The molecular weight excluding hydrogens is 306 g/mol. The van der Waals surface area contributed by atoms with E-state index in [1.54, 1.807) is 0 Å². The van der Waals surface area contributed by atoms with Crippen molar-refractivity contribution in [3.63, 3.8) is 0 Å². The molecule has 2 aromatic rings. The quantitative estimate of drug-likeness (QED) is 0.684. The molecule has 2 rings (SSSR count). The van der Waals surface area contributed by atoms with Crippen molar-refractivity contribution in [3.05, 3.63) is 57.1 Å². The Morgan fingerprint density at radius 2 is 1.93 bits per heavy atom. The maximum absolute atomic E-state index is 5.77. The van der Waals surface area contributed by atoms with E-state index in [9.17, 15) is 0 Å². The smallest absolute Gasteiger partial charge is 0.0485 e. The first-order valence-corrected chi connectivity index (χ1v) is 5.64. The summed E-state index contributed by atoms with van der Waals surface area (Å²) in [4.78, 5) is 0. The van der Waals surface area contributed by atoms with Crippen LogP contribution in [0.4, 0.5) is 0 Å². The Morgan fingerprint density at radius 1 is 1.07 bits per heavy atom. The van der Waals surface area contributed by atoms with Gasteiger partial charge in [0, 0.05) is 14.7 Å². The Balaban J connectivity index is 2.44. The van der Waals surface area contributed by atoms with Gasteiger partial charge in [-0.1, -0.05) is 29.8 Å². The highest BCUT2D eigenvalue weighted by molar-refractivity contribution is 14.1. The van der Waals surface area contributed by atoms with Gasteiger partial charge in [-0.05, 0) is 58.0 Å². The zero-order chi connectivity index (χ0) is 9.97. The molecule has 0 unspecified atom stereocenters. The minimum absolute atomic E-state index is 0.652. The summed E-state index contributed by atoms with van der Waals surface area (Å²) >= 11 is 8.08. The van der Waals surface area contributed by atoms with Crippen LogP contribution in [0.5, 0.6) is 0 Å². The Kier molecular flexibility index (Phi) is 3.08. The third-order valence-corrected chi connectivity index (χ3v) is 2.84. The number of benzene rings is 2. The second kappa shape index (κ2) is 4.32. The van der Waals surface area contributed by atoms with Gasteiger partial charge < -0.3 is 0 Å². The number of hydrogen-bond acceptors (Lipinski definition) is 0. The van der Waals surface area contributed by atoms with E-state index < -0.39 is 0 Å². The third kappa shape index (κ3) is 2.28. The molecule has 0 bridgehead atoms. The van der Waals surface area contributed by atoms with Crippen molar-refractivity contribution in [3.8, 4) is 11.1 Å². The van der Waals surface area contributed by atoms with E-state index in [0.717, 1.165) is 5.56 Å². The van der Waals surface area contributed by atoms with Crippen LogP contribution in [0.15, 0.2) is 42.5 Å². The molecule has 0 fully saturated rings.